The van der Waals surface area contributed by atoms with Crippen molar-refractivity contribution in [2.45, 2.75) is 26.3 Å². The van der Waals surface area contributed by atoms with Crippen molar-refractivity contribution in [1.29, 1.82) is 0 Å². The predicted octanol–water partition coefficient (Wildman–Crippen LogP) is 0.351. The van der Waals surface area contributed by atoms with Crippen LogP contribution in [0, 0.1) is 5.92 Å². The number of rotatable bonds is 4. The van der Waals surface area contributed by atoms with E-state index in [0.717, 1.165) is 26.1 Å². The molecular weight excluding hydrogens is 224 g/mol. The monoisotopic (exact) mass is 248 g/mol. The van der Waals surface area contributed by atoms with Gasteiger partial charge in [-0.15, -0.1) is 0 Å². The summed E-state index contributed by atoms with van der Waals surface area (Å²) in [5, 5.41) is 3.52. The van der Waals surface area contributed by atoms with Crippen LogP contribution in [0.3, 0.4) is 0 Å². The van der Waals surface area contributed by atoms with E-state index in [1.54, 1.807) is 0 Å². The van der Waals surface area contributed by atoms with E-state index < -0.39 is 9.84 Å². The smallest absolute Gasteiger partial charge is 0.148 e. The number of nitrogens with one attached hydrogen (secondary N) is 1. The van der Waals surface area contributed by atoms with Gasteiger partial charge in [0.1, 0.15) is 9.84 Å². The van der Waals surface area contributed by atoms with Crippen LogP contribution in [-0.2, 0) is 9.84 Å². The molecule has 0 aromatic carbocycles. The van der Waals surface area contributed by atoms with Gasteiger partial charge < -0.3 is 10.2 Å². The Morgan fingerprint density at radius 1 is 1.44 bits per heavy atom. The molecule has 0 amide bonds. The normalized spacial score (nSPS) is 24.6. The van der Waals surface area contributed by atoms with E-state index in [2.05, 4.69) is 24.1 Å². The van der Waals surface area contributed by atoms with Crippen LogP contribution in [0.1, 0.15) is 20.3 Å². The van der Waals surface area contributed by atoms with E-state index in [9.17, 15) is 8.42 Å². The van der Waals surface area contributed by atoms with Crippen LogP contribution in [0.25, 0.3) is 0 Å². The third-order valence-electron chi connectivity index (χ3n) is 3.10. The molecule has 1 saturated heterocycles. The first-order valence-corrected chi connectivity index (χ1v) is 8.08. The maximum Gasteiger partial charge on any atom is 0.148 e. The molecule has 1 aliphatic rings. The fraction of sp³-hybridized carbons (Fsp3) is 1.00. The number of nitrogens with zero attached hydrogens (tertiary/aromatic N) is 1. The molecule has 1 aliphatic heterocycles. The quantitative estimate of drug-likeness (QED) is 0.780. The highest BCUT2D eigenvalue weighted by Gasteiger charge is 2.20. The van der Waals surface area contributed by atoms with Crippen molar-refractivity contribution < 1.29 is 8.42 Å². The molecular formula is C11H24N2O2S. The van der Waals surface area contributed by atoms with Crippen LogP contribution < -0.4 is 5.32 Å². The molecule has 0 spiro atoms. The molecule has 0 aromatic heterocycles. The third kappa shape index (κ3) is 5.27. The van der Waals surface area contributed by atoms with Gasteiger partial charge in [0, 0.05) is 25.4 Å². The van der Waals surface area contributed by atoms with Gasteiger partial charge in [-0.25, -0.2) is 8.42 Å². The van der Waals surface area contributed by atoms with Crippen LogP contribution in [-0.4, -0.2) is 57.5 Å². The van der Waals surface area contributed by atoms with Crippen molar-refractivity contribution in [3.8, 4) is 0 Å². The highest BCUT2D eigenvalue weighted by Crippen LogP contribution is 2.08. The summed E-state index contributed by atoms with van der Waals surface area (Å²) in [6.45, 7) is 8.09. The zero-order valence-electron chi connectivity index (χ0n) is 10.6. The predicted molar refractivity (Wildman–Crippen MR) is 67.4 cm³/mol. The lowest BCUT2D eigenvalue weighted by molar-refractivity contribution is 0.257. The summed E-state index contributed by atoms with van der Waals surface area (Å²) in [7, 11) is -2.84. The SMILES string of the molecule is CC(C)C1CN(CCS(C)(=O)=O)CCCN1. The zero-order valence-corrected chi connectivity index (χ0v) is 11.4. The van der Waals surface area contributed by atoms with Crippen molar-refractivity contribution in [2.24, 2.45) is 5.92 Å². The minimum atomic E-state index is -2.84. The van der Waals surface area contributed by atoms with Gasteiger partial charge in [0.2, 0.25) is 0 Å². The van der Waals surface area contributed by atoms with Gasteiger partial charge in [-0.1, -0.05) is 13.8 Å². The highest BCUT2D eigenvalue weighted by molar-refractivity contribution is 7.90. The average Bonchev–Trinajstić information content (AvgIpc) is 2.38. The Bertz CT molecular complexity index is 301. The van der Waals surface area contributed by atoms with E-state index in [0.29, 0.717) is 18.5 Å². The first kappa shape index (κ1) is 13.9. The summed E-state index contributed by atoms with van der Waals surface area (Å²) >= 11 is 0. The molecule has 1 atom stereocenters. The number of hydrogen-bond acceptors (Lipinski definition) is 4. The summed E-state index contributed by atoms with van der Waals surface area (Å²) in [4.78, 5) is 2.27. The Morgan fingerprint density at radius 3 is 2.69 bits per heavy atom. The highest BCUT2D eigenvalue weighted by atomic mass is 32.2. The molecule has 1 N–H and O–H groups in total. The minimum absolute atomic E-state index is 0.276. The third-order valence-corrected chi connectivity index (χ3v) is 4.02. The van der Waals surface area contributed by atoms with Crippen molar-refractivity contribution in [3.63, 3.8) is 0 Å². The second kappa shape index (κ2) is 5.98. The Kier molecular flexibility index (Phi) is 5.21. The van der Waals surface area contributed by atoms with Gasteiger partial charge >= 0.3 is 0 Å². The minimum Gasteiger partial charge on any atom is -0.312 e. The summed E-state index contributed by atoms with van der Waals surface area (Å²) in [5.74, 6) is 0.872. The standard InChI is InChI=1S/C11H24N2O2S/c1-10(2)11-9-13(6-4-5-12-11)7-8-16(3,14)15/h10-12H,4-9H2,1-3H3. The lowest BCUT2D eigenvalue weighted by atomic mass is 10.0. The summed E-state index contributed by atoms with van der Waals surface area (Å²) < 4.78 is 22.3. The molecule has 4 nitrogen and oxygen atoms in total. The molecule has 0 aliphatic carbocycles. The zero-order chi connectivity index (χ0) is 12.2. The van der Waals surface area contributed by atoms with Crippen LogP contribution in [0.5, 0.6) is 0 Å². The lowest BCUT2D eigenvalue weighted by Gasteiger charge is -2.26. The summed E-state index contributed by atoms with van der Waals surface area (Å²) in [6, 6.07) is 0.488. The molecule has 1 heterocycles. The van der Waals surface area contributed by atoms with E-state index >= 15 is 0 Å². The van der Waals surface area contributed by atoms with E-state index in [4.69, 9.17) is 0 Å². The van der Waals surface area contributed by atoms with Crippen LogP contribution in [0.4, 0.5) is 0 Å². The summed E-state index contributed by atoms with van der Waals surface area (Å²) in [6.07, 6.45) is 2.41. The van der Waals surface area contributed by atoms with Gasteiger partial charge in [0.15, 0.2) is 0 Å². The Morgan fingerprint density at radius 2 is 2.12 bits per heavy atom. The number of hydrogen-bond donors (Lipinski definition) is 1. The fourth-order valence-electron chi connectivity index (χ4n) is 1.97. The lowest BCUT2D eigenvalue weighted by Crippen LogP contribution is -2.42. The van der Waals surface area contributed by atoms with Crippen LogP contribution in [0.15, 0.2) is 0 Å². The average molecular weight is 248 g/mol. The van der Waals surface area contributed by atoms with Crippen molar-refractivity contribution in [2.75, 3.05) is 38.2 Å². The van der Waals surface area contributed by atoms with E-state index in [-0.39, 0.29) is 5.75 Å². The maximum atomic E-state index is 11.1. The second-order valence-electron chi connectivity index (χ2n) is 5.09. The molecule has 96 valence electrons. The largest absolute Gasteiger partial charge is 0.312 e. The second-order valence-corrected chi connectivity index (χ2v) is 7.35. The topological polar surface area (TPSA) is 49.4 Å². The van der Waals surface area contributed by atoms with Crippen LogP contribution >= 0.6 is 0 Å². The fourth-order valence-corrected chi connectivity index (χ4v) is 2.56. The molecule has 1 rings (SSSR count). The molecule has 5 heteroatoms. The molecule has 16 heavy (non-hydrogen) atoms. The molecule has 0 bridgehead atoms. The van der Waals surface area contributed by atoms with Gasteiger partial charge in [0.25, 0.3) is 0 Å². The van der Waals surface area contributed by atoms with Gasteiger partial charge in [-0.05, 0) is 25.4 Å². The van der Waals surface area contributed by atoms with Crippen molar-refractivity contribution in [3.05, 3.63) is 0 Å². The Balaban J connectivity index is 2.46. The van der Waals surface area contributed by atoms with E-state index in [1.807, 2.05) is 0 Å². The molecule has 0 aromatic rings. The van der Waals surface area contributed by atoms with Crippen molar-refractivity contribution in [1.82, 2.24) is 10.2 Å². The first-order valence-electron chi connectivity index (χ1n) is 6.02. The van der Waals surface area contributed by atoms with Crippen LogP contribution in [0.2, 0.25) is 0 Å². The Hall–Kier alpha value is -0.130. The Labute approximate surface area is 99.3 Å². The number of sulfone groups is 1. The van der Waals surface area contributed by atoms with Gasteiger partial charge in [-0.3, -0.25) is 0 Å². The summed E-state index contributed by atoms with van der Waals surface area (Å²) in [5.41, 5.74) is 0. The van der Waals surface area contributed by atoms with E-state index in [1.165, 1.54) is 6.26 Å². The first-order chi connectivity index (χ1) is 7.38. The molecule has 1 unspecified atom stereocenters. The van der Waals surface area contributed by atoms with Gasteiger partial charge in [0.05, 0.1) is 5.75 Å². The molecule has 0 radical (unpaired) electrons. The molecule has 0 saturated carbocycles. The van der Waals surface area contributed by atoms with Crippen molar-refractivity contribution >= 4 is 9.84 Å². The molecule has 1 fully saturated rings. The van der Waals surface area contributed by atoms with Gasteiger partial charge in [-0.2, -0.15) is 0 Å². The maximum absolute atomic E-state index is 11.1.